The van der Waals surface area contributed by atoms with Crippen LogP contribution in [-0.2, 0) is 28.6 Å². The smallest absolute Gasteiger partial charge is 0.306 e. The lowest BCUT2D eigenvalue weighted by molar-refractivity contribution is -0.167. The molecule has 0 N–H and O–H groups in total. The van der Waals surface area contributed by atoms with Crippen LogP contribution in [0, 0.1) is 5.92 Å². The Morgan fingerprint density at radius 2 is 0.569 bits per heavy atom. The summed E-state index contributed by atoms with van der Waals surface area (Å²) in [7, 11) is 0. The molecule has 0 unspecified atom stereocenters. The monoisotopic (exact) mass is 821 g/mol. The van der Waals surface area contributed by atoms with Crippen LogP contribution in [0.5, 0.6) is 0 Å². The first-order chi connectivity index (χ1) is 28.4. The minimum absolute atomic E-state index is 0.0632. The van der Waals surface area contributed by atoms with E-state index >= 15 is 0 Å². The molecule has 0 saturated heterocycles. The lowest BCUT2D eigenvalue weighted by atomic mass is 10.0. The fourth-order valence-corrected chi connectivity index (χ4v) is 7.86. The van der Waals surface area contributed by atoms with Gasteiger partial charge in [0.05, 0.1) is 0 Å². The zero-order valence-electron chi connectivity index (χ0n) is 39.5. The zero-order chi connectivity index (χ0) is 42.4. The van der Waals surface area contributed by atoms with Gasteiger partial charge < -0.3 is 14.2 Å². The number of unbranched alkanes of at least 4 members (excludes halogenated alkanes) is 34. The van der Waals surface area contributed by atoms with Crippen molar-refractivity contribution in [2.24, 2.45) is 5.92 Å². The summed E-state index contributed by atoms with van der Waals surface area (Å²) >= 11 is 0. The van der Waals surface area contributed by atoms with Gasteiger partial charge in [0.2, 0.25) is 0 Å². The van der Waals surface area contributed by atoms with Crippen molar-refractivity contribution in [3.8, 4) is 0 Å². The summed E-state index contributed by atoms with van der Waals surface area (Å²) in [5, 5.41) is 0. The predicted octanol–water partition coefficient (Wildman–Crippen LogP) is 16.7. The van der Waals surface area contributed by atoms with Gasteiger partial charge in [-0.1, -0.05) is 252 Å². The third-order valence-electron chi connectivity index (χ3n) is 11.8. The number of ether oxygens (including phenoxy) is 3. The van der Waals surface area contributed by atoms with Crippen molar-refractivity contribution in [3.05, 3.63) is 0 Å². The van der Waals surface area contributed by atoms with Crippen LogP contribution in [-0.4, -0.2) is 37.2 Å². The Kier molecular flexibility index (Phi) is 45.2. The molecule has 0 fully saturated rings. The molecule has 0 radical (unpaired) electrons. The highest BCUT2D eigenvalue weighted by atomic mass is 16.6. The SMILES string of the molecule is CCCCCCCCCCCCCCCCCC(=O)OC[C@@H](COC(=O)CCCCCCCCCCCCCCCC)OC(=O)CCCCCCCCCCC(C)C. The summed E-state index contributed by atoms with van der Waals surface area (Å²) in [6, 6.07) is 0. The average molecular weight is 821 g/mol. The minimum atomic E-state index is -0.761. The number of carbonyl (C=O) groups excluding carboxylic acids is 3. The maximum atomic E-state index is 12.7. The van der Waals surface area contributed by atoms with Gasteiger partial charge in [-0.15, -0.1) is 0 Å². The first kappa shape index (κ1) is 56.4. The molecule has 0 aromatic heterocycles. The van der Waals surface area contributed by atoms with Gasteiger partial charge in [0.15, 0.2) is 6.10 Å². The topological polar surface area (TPSA) is 78.9 Å². The molecule has 1 atom stereocenters. The van der Waals surface area contributed by atoms with E-state index in [0.29, 0.717) is 19.3 Å². The molecule has 0 amide bonds. The molecule has 6 heteroatoms. The summed E-state index contributed by atoms with van der Waals surface area (Å²) in [5.41, 5.74) is 0. The van der Waals surface area contributed by atoms with Crippen molar-refractivity contribution < 1.29 is 28.6 Å². The van der Waals surface area contributed by atoms with Gasteiger partial charge in [-0.3, -0.25) is 14.4 Å². The van der Waals surface area contributed by atoms with Gasteiger partial charge in [-0.05, 0) is 25.2 Å². The van der Waals surface area contributed by atoms with Gasteiger partial charge in [-0.25, -0.2) is 0 Å². The Balaban J connectivity index is 4.29. The second-order valence-corrected chi connectivity index (χ2v) is 18.3. The summed E-state index contributed by atoms with van der Waals surface area (Å²) in [5.74, 6) is -0.0527. The van der Waals surface area contributed by atoms with Crippen LogP contribution in [0.25, 0.3) is 0 Å². The van der Waals surface area contributed by atoms with Crippen LogP contribution in [0.15, 0.2) is 0 Å². The van der Waals surface area contributed by atoms with Crippen LogP contribution in [0.3, 0.4) is 0 Å². The highest BCUT2D eigenvalue weighted by Gasteiger charge is 2.19. The maximum Gasteiger partial charge on any atom is 0.306 e. The van der Waals surface area contributed by atoms with Gasteiger partial charge in [0.25, 0.3) is 0 Å². The fraction of sp³-hybridized carbons (Fsp3) is 0.942. The van der Waals surface area contributed by atoms with Crippen LogP contribution in [0.1, 0.15) is 291 Å². The first-order valence-corrected chi connectivity index (χ1v) is 25.9. The van der Waals surface area contributed by atoms with E-state index in [4.69, 9.17) is 14.2 Å². The number of hydrogen-bond donors (Lipinski definition) is 0. The van der Waals surface area contributed by atoms with Gasteiger partial charge >= 0.3 is 17.9 Å². The third-order valence-corrected chi connectivity index (χ3v) is 11.8. The number of esters is 3. The second-order valence-electron chi connectivity index (χ2n) is 18.3. The molecule has 0 aromatic carbocycles. The van der Waals surface area contributed by atoms with Crippen molar-refractivity contribution in [3.63, 3.8) is 0 Å². The molecular formula is C52H100O6. The first-order valence-electron chi connectivity index (χ1n) is 25.9. The molecule has 0 saturated carbocycles. The van der Waals surface area contributed by atoms with Crippen molar-refractivity contribution in [1.29, 1.82) is 0 Å². The molecule has 344 valence electrons. The molecular weight excluding hydrogens is 721 g/mol. The summed E-state index contributed by atoms with van der Waals surface area (Å²) in [6.45, 7) is 8.99. The third kappa shape index (κ3) is 45.5. The van der Waals surface area contributed by atoms with Crippen molar-refractivity contribution in [1.82, 2.24) is 0 Å². The normalized spacial score (nSPS) is 11.9. The molecule has 0 aliphatic carbocycles. The molecule has 6 nitrogen and oxygen atoms in total. The van der Waals surface area contributed by atoms with E-state index in [9.17, 15) is 14.4 Å². The standard InChI is InChI=1S/C52H100O6/c1-5-7-9-11-13-15-17-19-21-23-25-27-32-36-40-44-51(54)57-47-49(58-52(55)45-41-37-33-29-28-30-34-38-42-48(3)4)46-56-50(53)43-39-35-31-26-24-22-20-18-16-14-12-10-8-6-2/h48-49H,5-47H2,1-4H3/t49-/m1/s1. The van der Waals surface area contributed by atoms with Crippen LogP contribution in [0.2, 0.25) is 0 Å². The van der Waals surface area contributed by atoms with Crippen molar-refractivity contribution in [2.75, 3.05) is 13.2 Å². The number of carbonyl (C=O) groups is 3. The summed E-state index contributed by atoms with van der Waals surface area (Å²) in [6.07, 6.45) is 48.0. The molecule has 0 aliphatic rings. The maximum absolute atomic E-state index is 12.7. The number of hydrogen-bond acceptors (Lipinski definition) is 6. The molecule has 0 rings (SSSR count). The highest BCUT2D eigenvalue weighted by molar-refractivity contribution is 5.71. The average Bonchev–Trinajstić information content (AvgIpc) is 3.21. The molecule has 0 spiro atoms. The van der Waals surface area contributed by atoms with E-state index in [2.05, 4.69) is 27.7 Å². The molecule has 58 heavy (non-hydrogen) atoms. The summed E-state index contributed by atoms with van der Waals surface area (Å²) in [4.78, 5) is 37.9. The van der Waals surface area contributed by atoms with Gasteiger partial charge in [-0.2, -0.15) is 0 Å². The van der Waals surface area contributed by atoms with Crippen molar-refractivity contribution >= 4 is 17.9 Å². The molecule has 0 heterocycles. The Morgan fingerprint density at radius 3 is 0.845 bits per heavy atom. The van der Waals surface area contributed by atoms with Gasteiger partial charge in [0.1, 0.15) is 13.2 Å². The van der Waals surface area contributed by atoms with Crippen LogP contribution < -0.4 is 0 Å². The van der Waals surface area contributed by atoms with E-state index in [0.717, 1.165) is 63.7 Å². The zero-order valence-corrected chi connectivity index (χ0v) is 39.5. The Morgan fingerprint density at radius 1 is 0.328 bits per heavy atom. The molecule has 0 aliphatic heterocycles. The van der Waals surface area contributed by atoms with E-state index in [-0.39, 0.29) is 31.1 Å². The van der Waals surface area contributed by atoms with E-state index in [1.165, 1.54) is 186 Å². The Bertz CT molecular complexity index is 872. The lowest BCUT2D eigenvalue weighted by Crippen LogP contribution is -2.30. The van der Waals surface area contributed by atoms with Crippen LogP contribution >= 0.6 is 0 Å². The Hall–Kier alpha value is -1.59. The molecule has 0 bridgehead atoms. The van der Waals surface area contributed by atoms with E-state index < -0.39 is 6.10 Å². The van der Waals surface area contributed by atoms with Crippen LogP contribution in [0.4, 0.5) is 0 Å². The van der Waals surface area contributed by atoms with Gasteiger partial charge in [0, 0.05) is 19.3 Å². The quantitative estimate of drug-likeness (QED) is 0.0346. The lowest BCUT2D eigenvalue weighted by Gasteiger charge is -2.18. The predicted molar refractivity (Wildman–Crippen MR) is 247 cm³/mol. The minimum Gasteiger partial charge on any atom is -0.462 e. The molecule has 0 aromatic rings. The largest absolute Gasteiger partial charge is 0.462 e. The van der Waals surface area contributed by atoms with E-state index in [1.54, 1.807) is 0 Å². The summed E-state index contributed by atoms with van der Waals surface area (Å²) < 4.78 is 16.8. The van der Waals surface area contributed by atoms with E-state index in [1.807, 2.05) is 0 Å². The second kappa shape index (κ2) is 46.5. The Labute approximate surface area is 361 Å². The fourth-order valence-electron chi connectivity index (χ4n) is 7.86. The van der Waals surface area contributed by atoms with Crippen molar-refractivity contribution in [2.45, 2.75) is 297 Å². The highest BCUT2D eigenvalue weighted by Crippen LogP contribution is 2.17. The number of rotatable bonds is 47.